The summed E-state index contributed by atoms with van der Waals surface area (Å²) in [7, 11) is -1.90. The van der Waals surface area contributed by atoms with Crippen molar-refractivity contribution >= 4 is 13.8 Å². The SMILES string of the molecule is CCOP(=O)(NC1CN(C(=O)O)CCC1OC)OCC. The summed E-state index contributed by atoms with van der Waals surface area (Å²) >= 11 is 0. The monoisotopic (exact) mass is 310 g/mol. The number of methoxy groups -OCH3 is 1. The van der Waals surface area contributed by atoms with Gasteiger partial charge in [0.15, 0.2) is 0 Å². The molecule has 1 heterocycles. The van der Waals surface area contributed by atoms with Gasteiger partial charge in [0.1, 0.15) is 0 Å². The quantitative estimate of drug-likeness (QED) is 0.688. The Labute approximate surface area is 119 Å². The van der Waals surface area contributed by atoms with E-state index in [1.165, 1.54) is 4.90 Å². The number of piperidine rings is 1. The minimum absolute atomic E-state index is 0.179. The molecule has 9 heteroatoms. The van der Waals surface area contributed by atoms with E-state index in [-0.39, 0.29) is 25.9 Å². The van der Waals surface area contributed by atoms with Crippen molar-refractivity contribution in [3.63, 3.8) is 0 Å². The lowest BCUT2D eigenvalue weighted by atomic mass is 10.0. The van der Waals surface area contributed by atoms with E-state index in [9.17, 15) is 9.36 Å². The number of amides is 1. The van der Waals surface area contributed by atoms with Crippen LogP contribution in [0.15, 0.2) is 0 Å². The van der Waals surface area contributed by atoms with E-state index in [1.807, 2.05) is 0 Å². The van der Waals surface area contributed by atoms with Crippen LogP contribution in [-0.4, -0.2) is 61.7 Å². The second-order valence-corrected chi connectivity index (χ2v) is 6.13. The molecule has 0 aliphatic carbocycles. The van der Waals surface area contributed by atoms with Crippen LogP contribution in [-0.2, 0) is 18.3 Å². The average molecular weight is 310 g/mol. The molecule has 118 valence electrons. The molecule has 2 unspecified atom stereocenters. The van der Waals surface area contributed by atoms with Crippen LogP contribution in [0, 0.1) is 0 Å². The summed E-state index contributed by atoms with van der Waals surface area (Å²) < 4.78 is 28.1. The number of carboxylic acid groups (broad SMARTS) is 1. The number of rotatable bonds is 7. The molecular formula is C11H23N2O6P. The summed E-state index contributed by atoms with van der Waals surface area (Å²) in [5.74, 6) is 0. The molecule has 1 aliphatic rings. The highest BCUT2D eigenvalue weighted by Crippen LogP contribution is 2.44. The molecule has 0 aromatic carbocycles. The lowest BCUT2D eigenvalue weighted by Gasteiger charge is -2.37. The highest BCUT2D eigenvalue weighted by molar-refractivity contribution is 7.51. The van der Waals surface area contributed by atoms with E-state index in [0.29, 0.717) is 13.0 Å². The largest absolute Gasteiger partial charge is 0.465 e. The van der Waals surface area contributed by atoms with E-state index in [4.69, 9.17) is 18.9 Å². The first-order chi connectivity index (χ1) is 9.45. The standard InChI is InChI=1S/C11H23N2O6P/c1-4-18-20(16,19-5-2)12-9-8-13(11(14)15)7-6-10(9)17-3/h9-10H,4-8H2,1-3H3,(H,12,16)(H,14,15). The Morgan fingerprint density at radius 2 is 2.00 bits per heavy atom. The van der Waals surface area contributed by atoms with Crippen LogP contribution in [0.25, 0.3) is 0 Å². The molecule has 2 N–H and O–H groups in total. The fourth-order valence-electron chi connectivity index (χ4n) is 2.17. The van der Waals surface area contributed by atoms with Crippen molar-refractivity contribution in [3.05, 3.63) is 0 Å². The Kier molecular flexibility index (Phi) is 6.91. The van der Waals surface area contributed by atoms with Gasteiger partial charge in [0.05, 0.1) is 25.4 Å². The first-order valence-corrected chi connectivity index (χ1v) is 8.17. The molecule has 0 bridgehead atoms. The third-order valence-corrected chi connectivity index (χ3v) is 4.89. The number of likely N-dealkylation sites (tertiary alicyclic amines) is 1. The fourth-order valence-corrected chi connectivity index (χ4v) is 3.72. The zero-order chi connectivity index (χ0) is 15.2. The zero-order valence-corrected chi connectivity index (χ0v) is 13.0. The predicted octanol–water partition coefficient (Wildman–Crippen LogP) is 1.52. The molecule has 2 atom stereocenters. The van der Waals surface area contributed by atoms with Gasteiger partial charge in [-0.25, -0.2) is 14.4 Å². The van der Waals surface area contributed by atoms with Gasteiger partial charge < -0.3 is 14.7 Å². The number of hydrogen-bond donors (Lipinski definition) is 2. The number of nitrogens with zero attached hydrogens (tertiary/aromatic N) is 1. The molecule has 1 saturated heterocycles. The molecule has 1 fully saturated rings. The van der Waals surface area contributed by atoms with Crippen molar-refractivity contribution in [3.8, 4) is 0 Å². The molecule has 0 spiro atoms. The number of nitrogens with one attached hydrogen (secondary N) is 1. The second-order valence-electron chi connectivity index (χ2n) is 4.36. The van der Waals surface area contributed by atoms with Gasteiger partial charge in [-0.2, -0.15) is 0 Å². The van der Waals surface area contributed by atoms with Gasteiger partial charge in [-0.1, -0.05) is 0 Å². The van der Waals surface area contributed by atoms with Crippen LogP contribution in [0.4, 0.5) is 4.79 Å². The summed E-state index contributed by atoms with van der Waals surface area (Å²) in [5, 5.41) is 11.8. The minimum atomic E-state index is -3.44. The molecular weight excluding hydrogens is 287 g/mol. The zero-order valence-electron chi connectivity index (χ0n) is 12.1. The van der Waals surface area contributed by atoms with E-state index in [2.05, 4.69) is 5.09 Å². The normalized spacial score (nSPS) is 23.9. The Morgan fingerprint density at radius 3 is 2.45 bits per heavy atom. The maximum Gasteiger partial charge on any atom is 0.407 e. The fraction of sp³-hybridized carbons (Fsp3) is 0.909. The second kappa shape index (κ2) is 7.95. The predicted molar refractivity (Wildman–Crippen MR) is 72.8 cm³/mol. The van der Waals surface area contributed by atoms with Gasteiger partial charge in [-0.3, -0.25) is 9.05 Å². The summed E-state index contributed by atoms with van der Waals surface area (Å²) in [5.41, 5.74) is 0. The molecule has 1 aliphatic heterocycles. The highest BCUT2D eigenvalue weighted by atomic mass is 31.2. The van der Waals surface area contributed by atoms with Crippen LogP contribution in [0.2, 0.25) is 0 Å². The van der Waals surface area contributed by atoms with Crippen LogP contribution in [0.1, 0.15) is 20.3 Å². The smallest absolute Gasteiger partial charge is 0.407 e. The third kappa shape index (κ3) is 4.71. The molecule has 1 amide bonds. The molecule has 0 aromatic heterocycles. The van der Waals surface area contributed by atoms with Gasteiger partial charge in [0.2, 0.25) is 0 Å². The van der Waals surface area contributed by atoms with Crippen molar-refractivity contribution in [1.29, 1.82) is 0 Å². The lowest BCUT2D eigenvalue weighted by molar-refractivity contribution is 0.0184. The first-order valence-electron chi connectivity index (χ1n) is 6.63. The topological polar surface area (TPSA) is 97.3 Å². The van der Waals surface area contributed by atoms with Crippen molar-refractivity contribution in [2.45, 2.75) is 32.4 Å². The molecule has 0 saturated carbocycles. The summed E-state index contributed by atoms with van der Waals surface area (Å²) in [6, 6.07) is -0.436. The highest BCUT2D eigenvalue weighted by Gasteiger charge is 2.37. The Morgan fingerprint density at radius 1 is 1.40 bits per heavy atom. The maximum absolute atomic E-state index is 12.4. The Bertz CT molecular complexity index is 357. The van der Waals surface area contributed by atoms with Gasteiger partial charge >= 0.3 is 13.8 Å². The number of ether oxygens (including phenoxy) is 1. The minimum Gasteiger partial charge on any atom is -0.465 e. The van der Waals surface area contributed by atoms with Gasteiger partial charge in [0.25, 0.3) is 0 Å². The van der Waals surface area contributed by atoms with Crippen molar-refractivity contribution < 1.29 is 28.3 Å². The van der Waals surface area contributed by atoms with Crippen molar-refractivity contribution in [2.75, 3.05) is 33.4 Å². The van der Waals surface area contributed by atoms with E-state index < -0.39 is 19.9 Å². The van der Waals surface area contributed by atoms with E-state index >= 15 is 0 Å². The maximum atomic E-state index is 12.4. The summed E-state index contributed by atoms with van der Waals surface area (Å²) in [6.45, 7) is 4.46. The van der Waals surface area contributed by atoms with Gasteiger partial charge in [-0.05, 0) is 20.3 Å². The molecule has 1 rings (SSSR count). The number of hydrogen-bond acceptors (Lipinski definition) is 5. The number of carbonyl (C=O) groups is 1. The summed E-state index contributed by atoms with van der Waals surface area (Å²) in [4.78, 5) is 12.3. The average Bonchev–Trinajstić information content (AvgIpc) is 2.38. The van der Waals surface area contributed by atoms with E-state index in [1.54, 1.807) is 21.0 Å². The van der Waals surface area contributed by atoms with Crippen LogP contribution >= 0.6 is 7.75 Å². The molecule has 0 radical (unpaired) electrons. The van der Waals surface area contributed by atoms with Crippen LogP contribution < -0.4 is 5.09 Å². The van der Waals surface area contributed by atoms with Crippen molar-refractivity contribution in [1.82, 2.24) is 9.99 Å². The van der Waals surface area contributed by atoms with Crippen LogP contribution in [0.3, 0.4) is 0 Å². The first kappa shape index (κ1) is 17.4. The van der Waals surface area contributed by atoms with Crippen molar-refractivity contribution in [2.24, 2.45) is 0 Å². The summed E-state index contributed by atoms with van der Waals surface area (Å²) in [6.07, 6.45) is -0.715. The van der Waals surface area contributed by atoms with Gasteiger partial charge in [0, 0.05) is 20.2 Å². The third-order valence-electron chi connectivity index (χ3n) is 3.04. The van der Waals surface area contributed by atoms with Gasteiger partial charge in [-0.15, -0.1) is 0 Å². The molecule has 0 aromatic rings. The Hall–Kier alpha value is -0.660. The molecule has 20 heavy (non-hydrogen) atoms. The van der Waals surface area contributed by atoms with Crippen LogP contribution in [0.5, 0.6) is 0 Å². The molecule has 8 nitrogen and oxygen atoms in total. The lowest BCUT2D eigenvalue weighted by Crippen LogP contribution is -2.54. The van der Waals surface area contributed by atoms with E-state index in [0.717, 1.165) is 0 Å². The Balaban J connectivity index is 2.77.